The molecule has 7 heteroatoms. The Kier molecular flexibility index (Phi) is 7.12. The Morgan fingerprint density at radius 1 is 1.17 bits per heavy atom. The summed E-state index contributed by atoms with van der Waals surface area (Å²) in [6.07, 6.45) is 3.34. The number of esters is 1. The molecule has 2 heterocycles. The Morgan fingerprint density at radius 2 is 1.86 bits per heavy atom. The van der Waals surface area contributed by atoms with Crippen LogP contribution in [0.4, 0.5) is 11.4 Å². The number of ether oxygens (including phenoxy) is 1. The van der Waals surface area contributed by atoms with Gasteiger partial charge in [0.25, 0.3) is 0 Å². The molecular formula is C22H31N3O4. The summed E-state index contributed by atoms with van der Waals surface area (Å²) in [7, 11) is 0. The van der Waals surface area contributed by atoms with Crippen LogP contribution < -0.4 is 15.5 Å². The lowest BCUT2D eigenvalue weighted by molar-refractivity contribution is -0.146. The number of hydrogen-bond acceptors (Lipinski definition) is 6. The molecule has 1 aromatic rings. The molecule has 0 spiro atoms. The zero-order valence-electron chi connectivity index (χ0n) is 17.3. The Hall–Kier alpha value is -2.57. The summed E-state index contributed by atoms with van der Waals surface area (Å²) < 4.78 is 5.30. The number of hydrogen-bond donors (Lipinski definition) is 2. The molecule has 1 aromatic carbocycles. The van der Waals surface area contributed by atoms with Gasteiger partial charge in [0.1, 0.15) is 6.04 Å². The van der Waals surface area contributed by atoms with E-state index in [-0.39, 0.29) is 23.8 Å². The minimum absolute atomic E-state index is 0.0824. The number of nitrogens with one attached hydrogen (secondary N) is 2. The molecule has 0 aliphatic carbocycles. The highest BCUT2D eigenvalue weighted by Gasteiger charge is 2.26. The van der Waals surface area contributed by atoms with Crippen LogP contribution in [0.1, 0.15) is 46.0 Å². The van der Waals surface area contributed by atoms with Crippen LogP contribution in [-0.4, -0.2) is 43.5 Å². The lowest BCUT2D eigenvalue weighted by Gasteiger charge is -2.33. The number of carbonyl (C=O) groups excluding carboxylic acids is 3. The van der Waals surface area contributed by atoms with E-state index in [9.17, 15) is 14.4 Å². The Balaban J connectivity index is 1.45. The molecule has 2 N–H and O–H groups in total. The van der Waals surface area contributed by atoms with Crippen LogP contribution in [0.3, 0.4) is 0 Å². The summed E-state index contributed by atoms with van der Waals surface area (Å²) in [5, 5.41) is 5.56. The molecule has 2 fully saturated rings. The first-order valence-corrected chi connectivity index (χ1v) is 10.5. The van der Waals surface area contributed by atoms with Gasteiger partial charge in [-0.2, -0.15) is 0 Å². The molecule has 7 nitrogen and oxygen atoms in total. The Bertz CT molecular complexity index is 724. The monoisotopic (exact) mass is 401 g/mol. The van der Waals surface area contributed by atoms with E-state index in [0.29, 0.717) is 37.7 Å². The number of benzene rings is 1. The molecule has 158 valence electrons. The minimum atomic E-state index is -0.371. The normalized spacial score (nSPS) is 20.5. The van der Waals surface area contributed by atoms with E-state index >= 15 is 0 Å². The van der Waals surface area contributed by atoms with Crippen molar-refractivity contribution in [2.24, 2.45) is 11.8 Å². The maximum Gasteiger partial charge on any atom is 0.306 e. The van der Waals surface area contributed by atoms with Gasteiger partial charge in [0.05, 0.1) is 6.61 Å². The molecule has 2 amide bonds. The maximum absolute atomic E-state index is 11.9. The summed E-state index contributed by atoms with van der Waals surface area (Å²) in [6.45, 7) is 6.41. The SMILES string of the molecule is CC(C)COC(=O)CC1CCN(c2ccc(NC3CCC(=O)NC3=O)cc2)CC1. The molecule has 0 bridgehead atoms. The smallest absolute Gasteiger partial charge is 0.306 e. The molecule has 2 aliphatic rings. The van der Waals surface area contributed by atoms with Gasteiger partial charge in [0, 0.05) is 37.3 Å². The van der Waals surface area contributed by atoms with E-state index in [1.807, 2.05) is 38.1 Å². The predicted molar refractivity (Wildman–Crippen MR) is 112 cm³/mol. The van der Waals surface area contributed by atoms with Crippen LogP contribution in [0.25, 0.3) is 0 Å². The summed E-state index contributed by atoms with van der Waals surface area (Å²) in [6, 6.07) is 7.66. The van der Waals surface area contributed by atoms with Crippen LogP contribution in [0.2, 0.25) is 0 Å². The molecule has 1 atom stereocenters. The second-order valence-corrected chi connectivity index (χ2v) is 8.41. The fraction of sp³-hybridized carbons (Fsp3) is 0.591. The third-order valence-electron chi connectivity index (χ3n) is 5.46. The topological polar surface area (TPSA) is 87.7 Å². The number of rotatable bonds is 7. The fourth-order valence-corrected chi connectivity index (χ4v) is 3.75. The van der Waals surface area contributed by atoms with E-state index in [1.54, 1.807) is 0 Å². The number of nitrogens with zero attached hydrogens (tertiary/aromatic N) is 1. The quantitative estimate of drug-likeness (QED) is 0.540. The summed E-state index contributed by atoms with van der Waals surface area (Å²) in [5.74, 6) is 0.202. The molecule has 0 aromatic heterocycles. The van der Waals surface area contributed by atoms with Crippen LogP contribution in [0.5, 0.6) is 0 Å². The van der Waals surface area contributed by atoms with E-state index in [4.69, 9.17) is 4.74 Å². The molecule has 0 radical (unpaired) electrons. The van der Waals surface area contributed by atoms with Gasteiger partial charge < -0.3 is 15.0 Å². The average Bonchev–Trinajstić information content (AvgIpc) is 2.70. The average molecular weight is 402 g/mol. The molecule has 2 aliphatic heterocycles. The van der Waals surface area contributed by atoms with Gasteiger partial charge in [0.15, 0.2) is 0 Å². The van der Waals surface area contributed by atoms with Gasteiger partial charge >= 0.3 is 5.97 Å². The summed E-state index contributed by atoms with van der Waals surface area (Å²) in [4.78, 5) is 37.4. The molecular weight excluding hydrogens is 370 g/mol. The van der Waals surface area contributed by atoms with Crippen molar-refractivity contribution in [3.8, 4) is 0 Å². The lowest BCUT2D eigenvalue weighted by atomic mass is 9.93. The van der Waals surface area contributed by atoms with Gasteiger partial charge in [-0.15, -0.1) is 0 Å². The fourth-order valence-electron chi connectivity index (χ4n) is 3.75. The highest BCUT2D eigenvalue weighted by molar-refractivity contribution is 6.01. The number of piperidine rings is 2. The van der Waals surface area contributed by atoms with Crippen molar-refractivity contribution in [3.63, 3.8) is 0 Å². The minimum Gasteiger partial charge on any atom is -0.465 e. The number of anilines is 2. The first-order chi connectivity index (χ1) is 13.9. The van der Waals surface area contributed by atoms with Crippen molar-refractivity contribution in [2.75, 3.05) is 29.9 Å². The highest BCUT2D eigenvalue weighted by Crippen LogP contribution is 2.27. The van der Waals surface area contributed by atoms with Crippen molar-refractivity contribution in [3.05, 3.63) is 24.3 Å². The van der Waals surface area contributed by atoms with Crippen molar-refractivity contribution < 1.29 is 19.1 Å². The van der Waals surface area contributed by atoms with E-state index in [0.717, 1.165) is 37.3 Å². The van der Waals surface area contributed by atoms with Gasteiger partial charge in [-0.25, -0.2) is 0 Å². The Labute approximate surface area is 172 Å². The van der Waals surface area contributed by atoms with Gasteiger partial charge in [-0.1, -0.05) is 13.8 Å². The van der Waals surface area contributed by atoms with Crippen molar-refractivity contribution >= 4 is 29.2 Å². The second kappa shape index (κ2) is 9.76. The van der Waals surface area contributed by atoms with Crippen LogP contribution in [-0.2, 0) is 19.1 Å². The highest BCUT2D eigenvalue weighted by atomic mass is 16.5. The number of imide groups is 1. The first kappa shape index (κ1) is 21.1. The van der Waals surface area contributed by atoms with Crippen molar-refractivity contribution in [2.45, 2.75) is 52.0 Å². The van der Waals surface area contributed by atoms with E-state index in [1.165, 1.54) is 0 Å². The predicted octanol–water partition coefficient (Wildman–Crippen LogP) is 2.71. The summed E-state index contributed by atoms with van der Waals surface area (Å²) >= 11 is 0. The Morgan fingerprint density at radius 3 is 2.48 bits per heavy atom. The standard InChI is InChI=1S/C22H31N3O4/c1-15(2)14-29-21(27)13-16-9-11-25(12-10-16)18-5-3-17(4-6-18)23-19-7-8-20(26)24-22(19)28/h3-6,15-16,19,23H,7-14H2,1-2H3,(H,24,26,28). The van der Waals surface area contributed by atoms with Crippen molar-refractivity contribution in [1.29, 1.82) is 0 Å². The second-order valence-electron chi connectivity index (χ2n) is 8.41. The number of amides is 2. The van der Waals surface area contributed by atoms with E-state index in [2.05, 4.69) is 15.5 Å². The molecule has 29 heavy (non-hydrogen) atoms. The third kappa shape index (κ3) is 6.21. The maximum atomic E-state index is 11.9. The lowest BCUT2D eigenvalue weighted by Crippen LogP contribution is -2.47. The van der Waals surface area contributed by atoms with Crippen LogP contribution in [0.15, 0.2) is 24.3 Å². The third-order valence-corrected chi connectivity index (χ3v) is 5.46. The van der Waals surface area contributed by atoms with Crippen LogP contribution >= 0.6 is 0 Å². The first-order valence-electron chi connectivity index (χ1n) is 10.5. The van der Waals surface area contributed by atoms with Gasteiger partial charge in [0.2, 0.25) is 11.8 Å². The van der Waals surface area contributed by atoms with E-state index < -0.39 is 0 Å². The van der Waals surface area contributed by atoms with Crippen LogP contribution in [0, 0.1) is 11.8 Å². The largest absolute Gasteiger partial charge is 0.465 e. The van der Waals surface area contributed by atoms with Crippen molar-refractivity contribution in [1.82, 2.24) is 5.32 Å². The number of carbonyl (C=O) groups is 3. The zero-order valence-corrected chi connectivity index (χ0v) is 17.3. The molecule has 0 saturated carbocycles. The molecule has 2 saturated heterocycles. The molecule has 1 unspecified atom stereocenters. The summed E-state index contributed by atoms with van der Waals surface area (Å²) in [5.41, 5.74) is 2.01. The zero-order chi connectivity index (χ0) is 20.8. The molecule has 3 rings (SSSR count). The van der Waals surface area contributed by atoms with Gasteiger partial charge in [-0.05, 0) is 55.4 Å². The van der Waals surface area contributed by atoms with Gasteiger partial charge in [-0.3, -0.25) is 19.7 Å².